The maximum absolute atomic E-state index is 12.1. The summed E-state index contributed by atoms with van der Waals surface area (Å²) in [6.45, 7) is 2.28. The first kappa shape index (κ1) is 48.9. The molecule has 0 heterocycles. The molecule has 3 atom stereocenters. The number of hydrogen-bond donors (Lipinski definition) is 4. The molecule has 0 aromatic rings. The van der Waals surface area contributed by atoms with Crippen LogP contribution in [-0.4, -0.2) is 64.9 Å². The second kappa shape index (κ2) is 35.0. The van der Waals surface area contributed by atoms with Crippen molar-refractivity contribution in [3.63, 3.8) is 0 Å². The molecular weight excluding hydrogens is 685 g/mol. The normalized spacial score (nSPS) is 14.7. The number of ether oxygens (including phenoxy) is 1. The number of aliphatic hydroxyl groups is 1. The van der Waals surface area contributed by atoms with E-state index >= 15 is 0 Å². The molecule has 296 valence electrons. The number of carboxylic acid groups (broad SMARTS) is 1. The minimum atomic E-state index is -4.75. The Morgan fingerprint density at radius 1 is 0.635 bits per heavy atom. The van der Waals surface area contributed by atoms with Gasteiger partial charge in [-0.05, 0) is 64.2 Å². The van der Waals surface area contributed by atoms with E-state index in [0.29, 0.717) is 12.8 Å². The predicted molar refractivity (Wildman–Crippen MR) is 208 cm³/mol. The molecule has 0 aliphatic heterocycles. The maximum Gasteiger partial charge on any atom is 0.472 e. The van der Waals surface area contributed by atoms with Gasteiger partial charge in [-0.25, -0.2) is 9.36 Å². The van der Waals surface area contributed by atoms with Gasteiger partial charge in [0.15, 0.2) is 6.04 Å². The van der Waals surface area contributed by atoms with Crippen molar-refractivity contribution in [2.24, 2.45) is 0 Å². The SMILES string of the molecule is CC/C=C\C/C=C\C/C=C\C/C=C\C/C=C\C/C=C\CCCCCCC(=O)OCC(O)COP(=O)(O)OCC(NC(=O)CCCCCCC)C(=O)O. The molecule has 11 nitrogen and oxygen atoms in total. The van der Waals surface area contributed by atoms with E-state index in [1.165, 1.54) is 0 Å². The van der Waals surface area contributed by atoms with Crippen LogP contribution in [0.3, 0.4) is 0 Å². The molecule has 52 heavy (non-hydrogen) atoms. The van der Waals surface area contributed by atoms with Gasteiger partial charge in [-0.1, -0.05) is 125 Å². The van der Waals surface area contributed by atoms with Crippen LogP contribution in [0.1, 0.15) is 129 Å². The van der Waals surface area contributed by atoms with Gasteiger partial charge in [-0.15, -0.1) is 0 Å². The summed E-state index contributed by atoms with van der Waals surface area (Å²) in [5.41, 5.74) is 0. The number of carbonyl (C=O) groups excluding carboxylic acids is 2. The van der Waals surface area contributed by atoms with Crippen LogP contribution in [0.2, 0.25) is 0 Å². The Balaban J connectivity index is 3.91. The molecule has 3 unspecified atom stereocenters. The van der Waals surface area contributed by atoms with Crippen LogP contribution in [0.25, 0.3) is 0 Å². The summed E-state index contributed by atoms with van der Waals surface area (Å²) in [4.78, 5) is 45.3. The number of carboxylic acids is 1. The molecule has 0 spiro atoms. The number of esters is 1. The number of rotatable bonds is 34. The summed E-state index contributed by atoms with van der Waals surface area (Å²) in [7, 11) is -4.75. The number of nitrogens with one attached hydrogen (secondary N) is 1. The van der Waals surface area contributed by atoms with Gasteiger partial charge in [0.05, 0.1) is 13.2 Å². The van der Waals surface area contributed by atoms with Crippen molar-refractivity contribution >= 4 is 25.7 Å². The molecule has 1 amide bonds. The number of unbranched alkanes of at least 4 members (excludes halogenated alkanes) is 8. The molecule has 4 N–H and O–H groups in total. The van der Waals surface area contributed by atoms with Crippen LogP contribution in [0.15, 0.2) is 72.9 Å². The third-order valence-corrected chi connectivity index (χ3v) is 8.46. The van der Waals surface area contributed by atoms with E-state index in [4.69, 9.17) is 13.8 Å². The fourth-order valence-electron chi connectivity index (χ4n) is 4.55. The number of amides is 1. The summed E-state index contributed by atoms with van der Waals surface area (Å²) >= 11 is 0. The van der Waals surface area contributed by atoms with Gasteiger partial charge in [0.2, 0.25) is 5.91 Å². The molecule has 0 radical (unpaired) electrons. The van der Waals surface area contributed by atoms with E-state index in [1.807, 2.05) is 0 Å². The quantitative estimate of drug-likeness (QED) is 0.0216. The molecule has 0 fully saturated rings. The summed E-state index contributed by atoms with van der Waals surface area (Å²) in [6, 6.07) is -1.55. The topological polar surface area (TPSA) is 169 Å². The highest BCUT2D eigenvalue weighted by Crippen LogP contribution is 2.43. The van der Waals surface area contributed by atoms with Gasteiger partial charge in [0.25, 0.3) is 0 Å². The standard InChI is InChI=1S/C40H66NO10P/c1-3-5-7-9-10-11-12-13-14-15-16-17-18-19-20-21-22-23-24-25-26-28-30-32-39(44)49-33-36(42)34-50-52(47,48)51-35-37(40(45)46)41-38(43)31-29-27-8-6-4-2/h5,7,10-11,13-14,16-17,19-20,22-23,36-37,42H,3-4,6,8-9,12,15,18,21,24-35H2,1-2H3,(H,41,43)(H,45,46)(H,47,48)/b7-5-,11-10-,14-13-,17-16-,20-19-,23-22-. The van der Waals surface area contributed by atoms with Crippen LogP contribution in [0.4, 0.5) is 0 Å². The van der Waals surface area contributed by atoms with E-state index in [1.54, 1.807) is 0 Å². The van der Waals surface area contributed by atoms with Gasteiger partial charge < -0.3 is 25.2 Å². The minimum Gasteiger partial charge on any atom is -0.480 e. The zero-order chi connectivity index (χ0) is 38.5. The molecule has 0 rings (SSSR count). The molecule has 0 aliphatic rings. The number of aliphatic hydroxyl groups excluding tert-OH is 1. The van der Waals surface area contributed by atoms with Crippen LogP contribution in [0.5, 0.6) is 0 Å². The van der Waals surface area contributed by atoms with E-state index in [-0.39, 0.29) is 12.8 Å². The molecule has 12 heteroatoms. The van der Waals surface area contributed by atoms with Crippen molar-refractivity contribution in [2.75, 3.05) is 19.8 Å². The Morgan fingerprint density at radius 3 is 1.65 bits per heavy atom. The van der Waals surface area contributed by atoms with Gasteiger partial charge in [0, 0.05) is 12.8 Å². The highest BCUT2D eigenvalue weighted by Gasteiger charge is 2.28. The molecule has 0 saturated carbocycles. The van der Waals surface area contributed by atoms with E-state index in [0.717, 1.165) is 89.9 Å². The largest absolute Gasteiger partial charge is 0.480 e. The number of aliphatic carboxylic acids is 1. The van der Waals surface area contributed by atoms with Crippen molar-refractivity contribution in [1.29, 1.82) is 0 Å². The second-order valence-corrected chi connectivity index (χ2v) is 13.8. The molecule has 0 saturated heterocycles. The van der Waals surface area contributed by atoms with Crippen molar-refractivity contribution < 1.29 is 47.8 Å². The molecule has 0 bridgehead atoms. The van der Waals surface area contributed by atoms with Gasteiger partial charge in [0.1, 0.15) is 12.7 Å². The fourth-order valence-corrected chi connectivity index (χ4v) is 5.32. The first-order valence-electron chi connectivity index (χ1n) is 19.0. The van der Waals surface area contributed by atoms with Gasteiger partial charge in [-0.2, -0.15) is 0 Å². The first-order chi connectivity index (χ1) is 25.1. The van der Waals surface area contributed by atoms with E-state index < -0.39 is 57.6 Å². The third-order valence-electron chi connectivity index (χ3n) is 7.51. The lowest BCUT2D eigenvalue weighted by Crippen LogP contribution is -2.43. The minimum absolute atomic E-state index is 0.136. The van der Waals surface area contributed by atoms with Crippen LogP contribution >= 0.6 is 7.82 Å². The number of carbonyl (C=O) groups is 3. The highest BCUT2D eigenvalue weighted by atomic mass is 31.2. The van der Waals surface area contributed by atoms with Gasteiger partial charge in [-0.3, -0.25) is 18.6 Å². The first-order valence-corrected chi connectivity index (χ1v) is 20.5. The Morgan fingerprint density at radius 2 is 1.12 bits per heavy atom. The zero-order valence-corrected chi connectivity index (χ0v) is 32.5. The Bertz CT molecular complexity index is 1160. The average Bonchev–Trinajstić information content (AvgIpc) is 3.11. The van der Waals surface area contributed by atoms with Crippen LogP contribution < -0.4 is 5.32 Å². The van der Waals surface area contributed by atoms with Crippen molar-refractivity contribution in [3.05, 3.63) is 72.9 Å². The Labute approximate surface area is 312 Å². The maximum atomic E-state index is 12.1. The second-order valence-electron chi connectivity index (χ2n) is 12.4. The van der Waals surface area contributed by atoms with Crippen molar-refractivity contribution in [2.45, 2.75) is 142 Å². The van der Waals surface area contributed by atoms with Crippen molar-refractivity contribution in [3.8, 4) is 0 Å². The smallest absolute Gasteiger partial charge is 0.472 e. The third kappa shape index (κ3) is 34.0. The molecule has 0 aliphatic carbocycles. The summed E-state index contributed by atoms with van der Waals surface area (Å²) in [5.74, 6) is -2.43. The monoisotopic (exact) mass is 751 g/mol. The zero-order valence-electron chi connectivity index (χ0n) is 31.6. The average molecular weight is 752 g/mol. The number of allylic oxidation sites excluding steroid dienone is 12. The molecule has 0 aromatic carbocycles. The lowest BCUT2D eigenvalue weighted by Gasteiger charge is -2.18. The van der Waals surface area contributed by atoms with E-state index in [2.05, 4.69) is 92.1 Å². The summed E-state index contributed by atoms with van der Waals surface area (Å²) in [6.07, 6.45) is 40.0. The van der Waals surface area contributed by atoms with Crippen LogP contribution in [-0.2, 0) is 32.7 Å². The summed E-state index contributed by atoms with van der Waals surface area (Å²) < 4.78 is 26.5. The van der Waals surface area contributed by atoms with E-state index in [9.17, 15) is 34.1 Å². The fraction of sp³-hybridized carbons (Fsp3) is 0.625. The van der Waals surface area contributed by atoms with Gasteiger partial charge >= 0.3 is 19.8 Å². The Hall–Kier alpha value is -3.08. The van der Waals surface area contributed by atoms with Crippen molar-refractivity contribution in [1.82, 2.24) is 5.32 Å². The summed E-state index contributed by atoms with van der Waals surface area (Å²) in [5, 5.41) is 21.6. The molecular formula is C40H66NO10P. The highest BCUT2D eigenvalue weighted by molar-refractivity contribution is 7.47. The Kier molecular flexibility index (Phi) is 32.9. The number of phosphoric ester groups is 1. The van der Waals surface area contributed by atoms with Crippen LogP contribution in [0, 0.1) is 0 Å². The lowest BCUT2D eigenvalue weighted by molar-refractivity contribution is -0.147. The predicted octanol–water partition coefficient (Wildman–Crippen LogP) is 8.99. The number of hydrogen-bond acceptors (Lipinski definition) is 8. The molecule has 0 aromatic heterocycles. The number of phosphoric acid groups is 1. The lowest BCUT2D eigenvalue weighted by atomic mass is 10.1.